The van der Waals surface area contributed by atoms with Gasteiger partial charge in [0, 0.05) is 37.7 Å². The molecule has 0 atom stereocenters. The predicted octanol–water partition coefficient (Wildman–Crippen LogP) is 5.42. The van der Waals surface area contributed by atoms with Crippen LogP contribution in [0.4, 0.5) is 0 Å². The molecule has 0 nitrogen and oxygen atoms in total. The van der Waals surface area contributed by atoms with Crippen molar-refractivity contribution in [3.05, 3.63) is 0 Å². The maximum absolute atomic E-state index is 2.21. The minimum absolute atomic E-state index is 0. The molecule has 0 aliphatic carbocycles. The van der Waals surface area contributed by atoms with E-state index in [0.29, 0.717) is 0 Å². The van der Waals surface area contributed by atoms with Gasteiger partial charge in [-0.1, -0.05) is 80.1 Å². The normalized spacial score (nSPS) is 6.92. The maximum atomic E-state index is 2.21. The van der Waals surface area contributed by atoms with Crippen LogP contribution in [0.25, 0.3) is 0 Å². The zero-order valence-corrected chi connectivity index (χ0v) is 11.3. The smallest absolute Gasteiger partial charge is 0 e. The van der Waals surface area contributed by atoms with Crippen LogP contribution in [0, 0.1) is 37.7 Å². The first-order valence-electron chi connectivity index (χ1n) is 5.83. The molecule has 0 N–H and O–H groups in total. The largest absolute Gasteiger partial charge is 0.0683 e. The summed E-state index contributed by atoms with van der Waals surface area (Å²) in [5, 5.41) is 0. The Balaban J connectivity index is -0.0000000491. The van der Waals surface area contributed by atoms with Gasteiger partial charge in [-0.25, -0.2) is 0 Å². The summed E-state index contributed by atoms with van der Waals surface area (Å²) < 4.78 is 0. The second-order valence-corrected chi connectivity index (χ2v) is 2.71. The summed E-state index contributed by atoms with van der Waals surface area (Å²) in [6.45, 7) is 12.8. The Morgan fingerprint density at radius 2 is 0.692 bits per heavy atom. The number of hydrogen-bond donors (Lipinski definition) is 0. The summed E-state index contributed by atoms with van der Waals surface area (Å²) in [6.07, 6.45) is 8.15. The van der Waals surface area contributed by atoms with Crippen molar-refractivity contribution < 1.29 is 37.7 Å². The Morgan fingerprint density at radius 3 is 0.692 bits per heavy atom. The minimum atomic E-state index is 0. The standard InChI is InChI=1S/2C5H12.C2H6.Ar/c2*1-3-5-4-2;1-2;/h2*3-5H2,1-2H3;1-2H3;. The number of unbranched alkanes of at least 4 members (excludes halogenated alkanes) is 4. The first-order valence-corrected chi connectivity index (χ1v) is 5.83. The van der Waals surface area contributed by atoms with Crippen LogP contribution in [0.1, 0.15) is 80.1 Å². The van der Waals surface area contributed by atoms with Crippen LogP contribution in [-0.4, -0.2) is 0 Å². The zero-order valence-electron chi connectivity index (χ0n) is 10.6. The molecule has 0 radical (unpaired) electrons. The second-order valence-electron chi connectivity index (χ2n) is 2.71. The van der Waals surface area contributed by atoms with Crippen molar-refractivity contribution in [3.8, 4) is 0 Å². The van der Waals surface area contributed by atoms with Crippen LogP contribution in [0.2, 0.25) is 0 Å². The molecule has 0 aliphatic rings. The average Bonchev–Trinajstić information content (AvgIpc) is 2.12. The van der Waals surface area contributed by atoms with Crippen LogP contribution >= 0.6 is 0 Å². The SMILES string of the molecule is CC.CCCCC.CCCCC.[Ar]. The Morgan fingerprint density at radius 1 is 0.538 bits per heavy atom. The third kappa shape index (κ3) is 60.8. The van der Waals surface area contributed by atoms with Crippen molar-refractivity contribution in [3.63, 3.8) is 0 Å². The predicted molar refractivity (Wildman–Crippen MR) is 61.7 cm³/mol. The van der Waals surface area contributed by atoms with Crippen LogP contribution in [-0.2, 0) is 0 Å². The van der Waals surface area contributed by atoms with E-state index in [2.05, 4.69) is 27.7 Å². The van der Waals surface area contributed by atoms with E-state index >= 15 is 0 Å². The molecule has 13 heavy (non-hydrogen) atoms. The van der Waals surface area contributed by atoms with E-state index in [1.165, 1.54) is 38.5 Å². The van der Waals surface area contributed by atoms with E-state index in [-0.39, 0.29) is 37.7 Å². The molecule has 0 saturated carbocycles. The number of rotatable bonds is 4. The van der Waals surface area contributed by atoms with E-state index in [1.54, 1.807) is 0 Å². The van der Waals surface area contributed by atoms with E-state index in [0.717, 1.165) is 0 Å². The van der Waals surface area contributed by atoms with Gasteiger partial charge in [-0.05, 0) is 0 Å². The van der Waals surface area contributed by atoms with Crippen LogP contribution in [0.15, 0.2) is 0 Å². The first-order chi connectivity index (χ1) is 5.83. The van der Waals surface area contributed by atoms with Gasteiger partial charge in [0.1, 0.15) is 0 Å². The van der Waals surface area contributed by atoms with Gasteiger partial charge in [-0.15, -0.1) is 0 Å². The van der Waals surface area contributed by atoms with Crippen molar-refractivity contribution in [2.24, 2.45) is 0 Å². The fourth-order valence-corrected chi connectivity index (χ4v) is 0.707. The van der Waals surface area contributed by atoms with E-state index < -0.39 is 0 Å². The van der Waals surface area contributed by atoms with Gasteiger partial charge in [-0.3, -0.25) is 0 Å². The molecule has 0 spiro atoms. The molecular weight excluding hydrogens is 184 g/mol. The molecule has 0 aromatic carbocycles. The monoisotopic (exact) mass is 214 g/mol. The van der Waals surface area contributed by atoms with E-state index in [4.69, 9.17) is 0 Å². The quantitative estimate of drug-likeness (QED) is 0.586. The average molecular weight is 214 g/mol. The maximum Gasteiger partial charge on any atom is 0 e. The summed E-state index contributed by atoms with van der Waals surface area (Å²) in [5.41, 5.74) is 0. The molecule has 0 saturated heterocycles. The van der Waals surface area contributed by atoms with Gasteiger partial charge in [0.2, 0.25) is 0 Å². The Hall–Kier alpha value is 1.26. The van der Waals surface area contributed by atoms with Gasteiger partial charge in [0.25, 0.3) is 0 Å². The fourth-order valence-electron chi connectivity index (χ4n) is 0.707. The molecule has 0 bridgehead atoms. The molecule has 0 aromatic rings. The molecule has 0 fully saturated rings. The third-order valence-electron chi connectivity index (χ3n) is 1.41. The van der Waals surface area contributed by atoms with Gasteiger partial charge in [0.05, 0.1) is 0 Å². The Kier molecular flexibility index (Phi) is 69.3. The van der Waals surface area contributed by atoms with Crippen LogP contribution in [0.5, 0.6) is 0 Å². The zero-order chi connectivity index (χ0) is 10.2. The Labute approximate surface area is 117 Å². The van der Waals surface area contributed by atoms with Crippen LogP contribution < -0.4 is 0 Å². The summed E-state index contributed by atoms with van der Waals surface area (Å²) >= 11 is 0. The molecule has 0 rings (SSSR count). The minimum Gasteiger partial charge on any atom is -0.0683 e. The Bertz CT molecular complexity index is 26.1. The van der Waals surface area contributed by atoms with Crippen LogP contribution in [0.3, 0.4) is 0 Å². The summed E-state index contributed by atoms with van der Waals surface area (Å²) in [5.74, 6) is 0. The summed E-state index contributed by atoms with van der Waals surface area (Å²) in [6, 6.07) is 0. The van der Waals surface area contributed by atoms with Gasteiger partial charge >= 0.3 is 0 Å². The molecule has 0 aliphatic heterocycles. The molecule has 1 heteroatoms. The van der Waals surface area contributed by atoms with Gasteiger partial charge in [-0.2, -0.15) is 0 Å². The van der Waals surface area contributed by atoms with Gasteiger partial charge in [0.15, 0.2) is 0 Å². The molecule has 0 heterocycles. The van der Waals surface area contributed by atoms with E-state index in [1.807, 2.05) is 13.8 Å². The molecule has 0 amide bonds. The second kappa shape index (κ2) is 37.8. The van der Waals surface area contributed by atoms with Crippen molar-refractivity contribution in [2.45, 2.75) is 80.1 Å². The summed E-state index contributed by atoms with van der Waals surface area (Å²) in [7, 11) is 0. The van der Waals surface area contributed by atoms with Crippen molar-refractivity contribution in [1.82, 2.24) is 0 Å². The van der Waals surface area contributed by atoms with Gasteiger partial charge < -0.3 is 0 Å². The molecule has 0 aromatic heterocycles. The third-order valence-corrected chi connectivity index (χ3v) is 1.41. The fraction of sp³-hybridized carbons (Fsp3) is 1.00. The van der Waals surface area contributed by atoms with E-state index in [9.17, 15) is 0 Å². The number of hydrogen-bond acceptors (Lipinski definition) is 0. The first kappa shape index (κ1) is 23.8. The topological polar surface area (TPSA) is 0 Å². The summed E-state index contributed by atoms with van der Waals surface area (Å²) in [4.78, 5) is 0. The molecular formula is C12H30Ar. The van der Waals surface area contributed by atoms with Crippen molar-refractivity contribution in [2.75, 3.05) is 0 Å². The molecule has 86 valence electrons. The van der Waals surface area contributed by atoms with Crippen molar-refractivity contribution >= 4 is 0 Å². The van der Waals surface area contributed by atoms with Crippen molar-refractivity contribution in [1.29, 1.82) is 0 Å². The molecule has 0 unspecified atom stereocenters.